The predicted molar refractivity (Wildman–Crippen MR) is 127 cm³/mol. The van der Waals surface area contributed by atoms with Crippen molar-refractivity contribution in [2.45, 2.75) is 12.8 Å². The second-order valence-corrected chi connectivity index (χ2v) is 7.84. The average molecular weight is 422 g/mol. The molecule has 0 bridgehead atoms. The first-order chi connectivity index (χ1) is 15.3. The molecule has 1 heterocycles. The summed E-state index contributed by atoms with van der Waals surface area (Å²) in [4.78, 5) is 14.4. The van der Waals surface area contributed by atoms with E-state index in [2.05, 4.69) is 36.4 Å². The zero-order valence-corrected chi connectivity index (χ0v) is 17.6. The van der Waals surface area contributed by atoms with E-state index in [9.17, 15) is 0 Å². The molecule has 31 heavy (non-hydrogen) atoms. The van der Waals surface area contributed by atoms with Crippen molar-refractivity contribution >= 4 is 17.2 Å². The summed E-state index contributed by atoms with van der Waals surface area (Å²) in [6, 6.07) is 26.1. The van der Waals surface area contributed by atoms with Gasteiger partial charge in [0.25, 0.3) is 0 Å². The lowest BCUT2D eigenvalue weighted by Crippen LogP contribution is -2.03. The number of hydrogen-bond acceptors (Lipinski definition) is 3. The van der Waals surface area contributed by atoms with Gasteiger partial charge in [-0.1, -0.05) is 90.5 Å². The molecule has 1 aliphatic carbocycles. The summed E-state index contributed by atoms with van der Waals surface area (Å²) in [5.41, 5.74) is 5.08. The normalized spacial score (nSPS) is 13.1. The fourth-order valence-electron chi connectivity index (χ4n) is 3.64. The van der Waals surface area contributed by atoms with Gasteiger partial charge in [0.1, 0.15) is 0 Å². The average Bonchev–Trinajstić information content (AvgIpc) is 2.85. The molecule has 3 aromatic carbocycles. The largest absolute Gasteiger partial charge is 0.208 e. The first kappa shape index (κ1) is 19.4. The summed E-state index contributed by atoms with van der Waals surface area (Å²) in [6.07, 6.45) is 8.50. The summed E-state index contributed by atoms with van der Waals surface area (Å²) < 4.78 is 0. The monoisotopic (exact) mass is 421 g/mol. The molecule has 0 spiro atoms. The Morgan fingerprint density at radius 1 is 0.581 bits per heavy atom. The molecule has 4 aromatic rings. The molecule has 5 rings (SSSR count). The number of halogens is 1. The van der Waals surface area contributed by atoms with Crippen LogP contribution in [0.15, 0.2) is 97.1 Å². The van der Waals surface area contributed by atoms with Crippen molar-refractivity contribution in [3.05, 3.63) is 108 Å². The topological polar surface area (TPSA) is 38.7 Å². The molecule has 0 saturated carbocycles. The van der Waals surface area contributed by atoms with Crippen LogP contribution < -0.4 is 0 Å². The van der Waals surface area contributed by atoms with Crippen LogP contribution in [-0.2, 0) is 0 Å². The molecular formula is C27H20ClN3. The third-order valence-electron chi connectivity index (χ3n) is 5.20. The van der Waals surface area contributed by atoms with Crippen molar-refractivity contribution in [1.82, 2.24) is 15.0 Å². The molecule has 0 fully saturated rings. The van der Waals surface area contributed by atoms with Crippen molar-refractivity contribution in [3.8, 4) is 33.9 Å². The molecule has 0 unspecified atom stereocenters. The van der Waals surface area contributed by atoms with Crippen LogP contribution in [0, 0.1) is 0 Å². The number of hydrogen-bond donors (Lipinski definition) is 0. The first-order valence-electron chi connectivity index (χ1n) is 10.3. The van der Waals surface area contributed by atoms with Gasteiger partial charge in [-0.25, -0.2) is 15.0 Å². The maximum atomic E-state index is 6.20. The highest BCUT2D eigenvalue weighted by Crippen LogP contribution is 2.29. The van der Waals surface area contributed by atoms with Crippen LogP contribution in [0.4, 0.5) is 0 Å². The van der Waals surface area contributed by atoms with Gasteiger partial charge in [-0.15, -0.1) is 0 Å². The highest BCUT2D eigenvalue weighted by atomic mass is 35.5. The lowest BCUT2D eigenvalue weighted by Gasteiger charge is -2.11. The minimum atomic E-state index is 0.660. The highest BCUT2D eigenvalue weighted by molar-refractivity contribution is 6.30. The van der Waals surface area contributed by atoms with Crippen LogP contribution in [0.3, 0.4) is 0 Å². The maximum Gasteiger partial charge on any atom is 0.164 e. The quantitative estimate of drug-likeness (QED) is 0.348. The Hall–Kier alpha value is -3.56. The lowest BCUT2D eigenvalue weighted by atomic mass is 10.0. The summed E-state index contributed by atoms with van der Waals surface area (Å²) in [5, 5.41) is 0.715. The van der Waals surface area contributed by atoms with Crippen molar-refractivity contribution in [2.75, 3.05) is 0 Å². The van der Waals surface area contributed by atoms with Gasteiger partial charge in [0.05, 0.1) is 0 Å². The standard InChI is InChI=1S/C27H20ClN3/c28-24-16-8-14-22(18-24)21-13-7-15-23(17-21)27-30-25(19-9-3-1-4-10-19)29-26(31-27)20-11-5-2-6-12-20/h1,3-5,7-18H,2,6H2. The Morgan fingerprint density at radius 3 is 1.97 bits per heavy atom. The highest BCUT2D eigenvalue weighted by Gasteiger charge is 2.14. The molecule has 150 valence electrons. The van der Waals surface area contributed by atoms with E-state index >= 15 is 0 Å². The Kier molecular flexibility index (Phi) is 5.42. The van der Waals surface area contributed by atoms with Crippen LogP contribution in [0.1, 0.15) is 18.7 Å². The van der Waals surface area contributed by atoms with E-state index in [0.29, 0.717) is 22.5 Å². The summed E-state index contributed by atoms with van der Waals surface area (Å²) >= 11 is 6.20. The minimum Gasteiger partial charge on any atom is -0.208 e. The molecule has 1 aliphatic rings. The van der Waals surface area contributed by atoms with Crippen LogP contribution >= 0.6 is 11.6 Å². The SMILES string of the molecule is Clc1cccc(-c2cccc(-c3nc(C4=CCCC=C4)nc(-c4ccccc4)n3)c2)c1. The van der Waals surface area contributed by atoms with Crippen LogP contribution in [-0.4, -0.2) is 15.0 Å². The van der Waals surface area contributed by atoms with E-state index in [-0.39, 0.29) is 0 Å². The Labute approximate surface area is 186 Å². The minimum absolute atomic E-state index is 0.660. The van der Waals surface area contributed by atoms with Gasteiger partial charge in [0.2, 0.25) is 0 Å². The first-order valence-corrected chi connectivity index (χ1v) is 10.7. The summed E-state index contributed by atoms with van der Waals surface area (Å²) in [6.45, 7) is 0. The van der Waals surface area contributed by atoms with Crippen molar-refractivity contribution in [1.29, 1.82) is 0 Å². The molecule has 4 heteroatoms. The van der Waals surface area contributed by atoms with Gasteiger partial charge in [0, 0.05) is 21.7 Å². The van der Waals surface area contributed by atoms with E-state index in [1.807, 2.05) is 60.7 Å². The third kappa shape index (κ3) is 4.32. The molecular weight excluding hydrogens is 402 g/mol. The van der Waals surface area contributed by atoms with E-state index in [1.54, 1.807) is 0 Å². The number of benzene rings is 3. The van der Waals surface area contributed by atoms with Gasteiger partial charge in [-0.05, 0) is 42.2 Å². The summed E-state index contributed by atoms with van der Waals surface area (Å²) in [5.74, 6) is 2.04. The molecule has 0 radical (unpaired) electrons. The molecule has 0 N–H and O–H groups in total. The fraction of sp³-hybridized carbons (Fsp3) is 0.0741. The van der Waals surface area contributed by atoms with Gasteiger partial charge < -0.3 is 0 Å². The van der Waals surface area contributed by atoms with E-state index in [1.165, 1.54) is 0 Å². The number of allylic oxidation sites excluding steroid dienone is 4. The van der Waals surface area contributed by atoms with Gasteiger partial charge in [-0.2, -0.15) is 0 Å². The van der Waals surface area contributed by atoms with E-state index in [0.717, 1.165) is 40.7 Å². The van der Waals surface area contributed by atoms with Crippen LogP contribution in [0.5, 0.6) is 0 Å². The zero-order valence-electron chi connectivity index (χ0n) is 16.9. The van der Waals surface area contributed by atoms with Crippen LogP contribution in [0.2, 0.25) is 5.02 Å². The van der Waals surface area contributed by atoms with E-state index in [4.69, 9.17) is 26.6 Å². The number of rotatable bonds is 4. The lowest BCUT2D eigenvalue weighted by molar-refractivity contribution is 1.01. The second-order valence-electron chi connectivity index (χ2n) is 7.40. The maximum absolute atomic E-state index is 6.20. The van der Waals surface area contributed by atoms with Gasteiger partial charge in [-0.3, -0.25) is 0 Å². The Bertz CT molecular complexity index is 1290. The Morgan fingerprint density at radius 2 is 1.23 bits per heavy atom. The predicted octanol–water partition coefficient (Wildman–Crippen LogP) is 7.26. The van der Waals surface area contributed by atoms with E-state index < -0.39 is 0 Å². The fourth-order valence-corrected chi connectivity index (χ4v) is 3.83. The Balaban J connectivity index is 1.64. The molecule has 0 atom stereocenters. The second kappa shape index (κ2) is 8.66. The molecule has 0 amide bonds. The molecule has 0 saturated heterocycles. The summed E-state index contributed by atoms with van der Waals surface area (Å²) in [7, 11) is 0. The van der Waals surface area contributed by atoms with Gasteiger partial charge >= 0.3 is 0 Å². The number of aromatic nitrogens is 3. The number of nitrogens with zero attached hydrogens (tertiary/aromatic N) is 3. The van der Waals surface area contributed by atoms with Crippen LogP contribution in [0.25, 0.3) is 39.5 Å². The molecule has 1 aromatic heterocycles. The van der Waals surface area contributed by atoms with Gasteiger partial charge in [0.15, 0.2) is 17.5 Å². The van der Waals surface area contributed by atoms with Crippen molar-refractivity contribution in [2.24, 2.45) is 0 Å². The molecule has 3 nitrogen and oxygen atoms in total. The third-order valence-corrected chi connectivity index (χ3v) is 5.43. The van der Waals surface area contributed by atoms with Crippen molar-refractivity contribution in [3.63, 3.8) is 0 Å². The zero-order chi connectivity index (χ0) is 21.0. The van der Waals surface area contributed by atoms with Crippen molar-refractivity contribution < 1.29 is 0 Å². The molecule has 0 aliphatic heterocycles. The smallest absolute Gasteiger partial charge is 0.164 e.